The van der Waals surface area contributed by atoms with Crippen molar-refractivity contribution < 1.29 is 14.2 Å². The van der Waals surface area contributed by atoms with E-state index in [2.05, 4.69) is 84.3 Å². The Morgan fingerprint density at radius 3 is 2.35 bits per heavy atom. The summed E-state index contributed by atoms with van der Waals surface area (Å²) in [4.78, 5) is 8.41. The van der Waals surface area contributed by atoms with E-state index >= 15 is 0 Å². The van der Waals surface area contributed by atoms with Gasteiger partial charge >= 0.3 is 0 Å². The van der Waals surface area contributed by atoms with Crippen molar-refractivity contribution in [3.63, 3.8) is 0 Å². The minimum Gasteiger partial charge on any atom is -0.494 e. The van der Waals surface area contributed by atoms with Gasteiger partial charge < -0.3 is 24.1 Å². The standard InChI is InChI=1S/C34H43N3O3/c1-24-30-21-27(9-13-31(30)35-34(24)28-10-14-32(38-4)33(22-28)39-5)26-15-18-37(19-16-26)23-25-7-11-29(12-8-25)40-20-6-17-36(2)3/h7-14,21-22,26,35H,6,15-20,23H2,1-5H3. The number of aromatic amines is 1. The number of rotatable bonds is 11. The predicted molar refractivity (Wildman–Crippen MR) is 164 cm³/mol. The van der Waals surface area contributed by atoms with Crippen molar-refractivity contribution in [1.29, 1.82) is 0 Å². The molecule has 1 saturated heterocycles. The highest BCUT2D eigenvalue weighted by molar-refractivity contribution is 5.91. The van der Waals surface area contributed by atoms with Gasteiger partial charge in [0.25, 0.3) is 0 Å². The van der Waals surface area contributed by atoms with Crippen molar-refractivity contribution in [3.05, 3.63) is 77.4 Å². The van der Waals surface area contributed by atoms with Gasteiger partial charge in [0, 0.05) is 35.2 Å². The van der Waals surface area contributed by atoms with E-state index in [-0.39, 0.29) is 0 Å². The number of fused-ring (bicyclic) bond motifs is 1. The summed E-state index contributed by atoms with van der Waals surface area (Å²) in [5.74, 6) is 3.04. The summed E-state index contributed by atoms with van der Waals surface area (Å²) >= 11 is 0. The summed E-state index contributed by atoms with van der Waals surface area (Å²) in [6.07, 6.45) is 3.41. The molecule has 1 fully saturated rings. The van der Waals surface area contributed by atoms with Gasteiger partial charge in [0.15, 0.2) is 11.5 Å². The highest BCUT2D eigenvalue weighted by Gasteiger charge is 2.22. The van der Waals surface area contributed by atoms with Crippen LogP contribution in [0, 0.1) is 6.92 Å². The molecule has 0 bridgehead atoms. The number of nitrogens with one attached hydrogen (secondary N) is 1. The number of piperidine rings is 1. The molecule has 40 heavy (non-hydrogen) atoms. The Bertz CT molecular complexity index is 1400. The lowest BCUT2D eigenvalue weighted by molar-refractivity contribution is 0.204. The van der Waals surface area contributed by atoms with Gasteiger partial charge in [0.05, 0.1) is 20.8 Å². The monoisotopic (exact) mass is 541 g/mol. The van der Waals surface area contributed by atoms with Crippen molar-refractivity contribution in [1.82, 2.24) is 14.8 Å². The van der Waals surface area contributed by atoms with Crippen LogP contribution in [0.1, 0.15) is 41.9 Å². The fraction of sp³-hybridized carbons (Fsp3) is 0.412. The second-order valence-corrected chi connectivity index (χ2v) is 11.2. The first-order valence-corrected chi connectivity index (χ1v) is 14.4. The van der Waals surface area contributed by atoms with E-state index in [9.17, 15) is 0 Å². The Hall–Kier alpha value is -3.48. The van der Waals surface area contributed by atoms with Gasteiger partial charge in [-0.15, -0.1) is 0 Å². The molecule has 4 aromatic rings. The van der Waals surface area contributed by atoms with E-state index in [1.165, 1.54) is 40.4 Å². The lowest BCUT2D eigenvalue weighted by Gasteiger charge is -2.32. The van der Waals surface area contributed by atoms with Gasteiger partial charge in [-0.3, -0.25) is 4.90 Å². The maximum Gasteiger partial charge on any atom is 0.161 e. The SMILES string of the molecule is COc1ccc(-c2[nH]c3ccc(C4CCN(Cc5ccc(OCCCN(C)C)cc5)CC4)cc3c2C)cc1OC. The highest BCUT2D eigenvalue weighted by atomic mass is 16.5. The lowest BCUT2D eigenvalue weighted by Crippen LogP contribution is -2.32. The summed E-state index contributed by atoms with van der Waals surface area (Å²) in [6, 6.07) is 21.7. The number of likely N-dealkylation sites (tertiary alicyclic amines) is 1. The van der Waals surface area contributed by atoms with Crippen LogP contribution in [0.5, 0.6) is 17.2 Å². The van der Waals surface area contributed by atoms with Crippen molar-refractivity contribution >= 4 is 10.9 Å². The third-order valence-electron chi connectivity index (χ3n) is 8.16. The molecule has 0 saturated carbocycles. The van der Waals surface area contributed by atoms with Gasteiger partial charge in [-0.2, -0.15) is 0 Å². The minimum atomic E-state index is 0.595. The maximum atomic E-state index is 5.90. The van der Waals surface area contributed by atoms with Crippen LogP contribution in [0.3, 0.4) is 0 Å². The van der Waals surface area contributed by atoms with Crippen LogP contribution in [0.15, 0.2) is 60.7 Å². The summed E-state index contributed by atoms with van der Waals surface area (Å²) in [7, 11) is 7.53. The number of nitrogens with zero attached hydrogens (tertiary/aromatic N) is 2. The molecule has 5 rings (SSSR count). The number of aryl methyl sites for hydroxylation is 1. The van der Waals surface area contributed by atoms with E-state index in [1.54, 1.807) is 14.2 Å². The molecule has 1 aliphatic heterocycles. The number of aromatic nitrogens is 1. The van der Waals surface area contributed by atoms with Gasteiger partial charge in [0.1, 0.15) is 5.75 Å². The van der Waals surface area contributed by atoms with Crippen molar-refractivity contribution in [2.45, 2.75) is 38.6 Å². The Labute approximate surface area is 238 Å². The Balaban J connectivity index is 1.19. The first-order chi connectivity index (χ1) is 19.4. The van der Waals surface area contributed by atoms with E-state index < -0.39 is 0 Å². The second-order valence-electron chi connectivity index (χ2n) is 11.2. The molecule has 0 atom stereocenters. The number of hydrogen-bond acceptors (Lipinski definition) is 5. The van der Waals surface area contributed by atoms with Crippen LogP contribution in [-0.2, 0) is 6.54 Å². The smallest absolute Gasteiger partial charge is 0.161 e. The number of ether oxygens (including phenoxy) is 3. The third-order valence-corrected chi connectivity index (χ3v) is 8.16. The van der Waals surface area contributed by atoms with E-state index in [0.29, 0.717) is 5.92 Å². The normalized spacial score (nSPS) is 14.7. The van der Waals surface area contributed by atoms with Crippen LogP contribution < -0.4 is 14.2 Å². The predicted octanol–water partition coefficient (Wildman–Crippen LogP) is 6.87. The highest BCUT2D eigenvalue weighted by Crippen LogP contribution is 2.37. The molecule has 2 heterocycles. The van der Waals surface area contributed by atoms with E-state index in [1.807, 2.05) is 12.1 Å². The molecule has 212 valence electrons. The molecule has 0 amide bonds. The van der Waals surface area contributed by atoms with Crippen LogP contribution in [0.25, 0.3) is 22.2 Å². The third kappa shape index (κ3) is 6.45. The van der Waals surface area contributed by atoms with Gasteiger partial charge in [0.2, 0.25) is 0 Å². The van der Waals surface area contributed by atoms with Crippen LogP contribution in [0.4, 0.5) is 0 Å². The summed E-state index contributed by atoms with van der Waals surface area (Å²) in [5, 5.41) is 1.30. The molecule has 0 unspecified atom stereocenters. The zero-order chi connectivity index (χ0) is 28.1. The summed E-state index contributed by atoms with van der Waals surface area (Å²) in [5.41, 5.74) is 7.48. The molecule has 0 radical (unpaired) electrons. The average Bonchev–Trinajstić information content (AvgIpc) is 3.31. The molecule has 6 heteroatoms. The van der Waals surface area contributed by atoms with Crippen molar-refractivity contribution in [2.24, 2.45) is 0 Å². The second kappa shape index (κ2) is 12.8. The topological polar surface area (TPSA) is 50.0 Å². The Kier molecular flexibility index (Phi) is 8.98. The lowest BCUT2D eigenvalue weighted by atomic mass is 9.88. The van der Waals surface area contributed by atoms with Crippen molar-refractivity contribution in [3.8, 4) is 28.5 Å². The summed E-state index contributed by atoms with van der Waals surface area (Å²) < 4.78 is 16.9. The van der Waals surface area contributed by atoms with Crippen molar-refractivity contribution in [2.75, 3.05) is 54.6 Å². The minimum absolute atomic E-state index is 0.595. The number of benzene rings is 3. The molecular formula is C34H43N3O3. The molecule has 3 aromatic carbocycles. The largest absolute Gasteiger partial charge is 0.494 e. The van der Waals surface area contributed by atoms with Crippen LogP contribution in [-0.4, -0.2) is 69.3 Å². The number of hydrogen-bond donors (Lipinski definition) is 1. The number of methoxy groups -OCH3 is 2. The Morgan fingerprint density at radius 1 is 0.900 bits per heavy atom. The quantitative estimate of drug-likeness (QED) is 0.210. The van der Waals surface area contributed by atoms with Crippen LogP contribution >= 0.6 is 0 Å². The fourth-order valence-corrected chi connectivity index (χ4v) is 5.82. The fourth-order valence-electron chi connectivity index (χ4n) is 5.82. The van der Waals surface area contributed by atoms with E-state index in [4.69, 9.17) is 14.2 Å². The zero-order valence-electron chi connectivity index (χ0n) is 24.6. The molecule has 6 nitrogen and oxygen atoms in total. The number of H-pyrrole nitrogens is 1. The summed E-state index contributed by atoms with van der Waals surface area (Å²) in [6.45, 7) is 7.25. The maximum absolute atomic E-state index is 5.90. The molecule has 1 N–H and O–H groups in total. The van der Waals surface area contributed by atoms with Crippen LogP contribution in [0.2, 0.25) is 0 Å². The Morgan fingerprint density at radius 2 is 1.65 bits per heavy atom. The zero-order valence-corrected chi connectivity index (χ0v) is 24.6. The van der Waals surface area contributed by atoms with Gasteiger partial charge in [-0.1, -0.05) is 18.2 Å². The average molecular weight is 542 g/mol. The molecule has 1 aromatic heterocycles. The molecule has 0 aliphatic carbocycles. The van der Waals surface area contributed by atoms with E-state index in [0.717, 1.165) is 67.7 Å². The first-order valence-electron chi connectivity index (χ1n) is 14.4. The molecular weight excluding hydrogens is 498 g/mol. The van der Waals surface area contributed by atoms with Gasteiger partial charge in [-0.05, 0) is 118 Å². The van der Waals surface area contributed by atoms with Gasteiger partial charge in [-0.25, -0.2) is 0 Å². The molecule has 0 spiro atoms. The first kappa shape index (κ1) is 28.1. The molecule has 1 aliphatic rings.